The summed E-state index contributed by atoms with van der Waals surface area (Å²) >= 11 is 0. The lowest BCUT2D eigenvalue weighted by Gasteiger charge is -2.34. The van der Waals surface area contributed by atoms with Gasteiger partial charge >= 0.3 is 0 Å². The van der Waals surface area contributed by atoms with Gasteiger partial charge in [0.2, 0.25) is 0 Å². The molecule has 24 heavy (non-hydrogen) atoms. The molecule has 1 aliphatic heterocycles. The van der Waals surface area contributed by atoms with Gasteiger partial charge in [-0.1, -0.05) is 0 Å². The van der Waals surface area contributed by atoms with E-state index in [9.17, 15) is 4.79 Å². The molecule has 0 saturated carbocycles. The molecule has 3 heterocycles. The van der Waals surface area contributed by atoms with Gasteiger partial charge < -0.3 is 9.80 Å². The summed E-state index contributed by atoms with van der Waals surface area (Å²) in [7, 11) is 3.45. The highest BCUT2D eigenvalue weighted by molar-refractivity contribution is 5.92. The fourth-order valence-electron chi connectivity index (χ4n) is 3.14. The van der Waals surface area contributed by atoms with E-state index in [1.54, 1.807) is 38.8 Å². The van der Waals surface area contributed by atoms with Gasteiger partial charge in [-0.2, -0.15) is 0 Å². The van der Waals surface area contributed by atoms with Crippen LogP contribution in [0.25, 0.3) is 0 Å². The number of carbonyl (C=O) groups excluding carboxylic acids is 1. The van der Waals surface area contributed by atoms with E-state index in [4.69, 9.17) is 0 Å². The maximum atomic E-state index is 12.3. The molecule has 0 bridgehead atoms. The Kier molecular flexibility index (Phi) is 4.17. The van der Waals surface area contributed by atoms with Crippen LogP contribution in [-0.2, 0) is 5.54 Å². The molecule has 0 aromatic carbocycles. The van der Waals surface area contributed by atoms with Crippen molar-refractivity contribution in [2.45, 2.75) is 32.2 Å². The molecule has 126 valence electrons. The lowest BCUT2D eigenvalue weighted by molar-refractivity contribution is 0.0821. The van der Waals surface area contributed by atoms with Crippen molar-refractivity contribution >= 4 is 11.7 Å². The Balaban J connectivity index is 2.05. The van der Waals surface area contributed by atoms with Crippen molar-refractivity contribution < 1.29 is 4.79 Å². The number of anilines is 1. The van der Waals surface area contributed by atoms with Crippen LogP contribution in [0.3, 0.4) is 0 Å². The van der Waals surface area contributed by atoms with E-state index in [0.29, 0.717) is 11.5 Å². The Morgan fingerprint density at radius 3 is 2.75 bits per heavy atom. The second-order valence-electron chi connectivity index (χ2n) is 6.51. The first-order valence-electron chi connectivity index (χ1n) is 8.03. The highest BCUT2D eigenvalue weighted by Crippen LogP contribution is 2.39. The highest BCUT2D eigenvalue weighted by atomic mass is 16.2. The maximum absolute atomic E-state index is 12.3. The van der Waals surface area contributed by atoms with E-state index in [1.165, 1.54) is 4.90 Å². The summed E-state index contributed by atoms with van der Waals surface area (Å²) in [6.07, 6.45) is 7.02. The number of carbonyl (C=O) groups is 1. The zero-order valence-corrected chi connectivity index (χ0v) is 14.5. The molecule has 1 aliphatic rings. The normalized spacial score (nSPS) is 20.2. The number of aryl methyl sites for hydroxylation is 1. The largest absolute Gasteiger partial charge is 0.343 e. The minimum Gasteiger partial charge on any atom is -0.343 e. The van der Waals surface area contributed by atoms with Gasteiger partial charge in [0.1, 0.15) is 11.5 Å². The molecule has 1 unspecified atom stereocenters. The van der Waals surface area contributed by atoms with Crippen LogP contribution in [0.2, 0.25) is 0 Å². The smallest absolute Gasteiger partial charge is 0.272 e. The second kappa shape index (κ2) is 6.14. The predicted molar refractivity (Wildman–Crippen MR) is 90.8 cm³/mol. The number of hydrogen-bond acceptors (Lipinski definition) is 6. The lowest BCUT2D eigenvalue weighted by atomic mass is 9.97. The van der Waals surface area contributed by atoms with Gasteiger partial charge in [-0.05, 0) is 32.8 Å². The van der Waals surface area contributed by atoms with E-state index in [1.807, 2.05) is 6.92 Å². The van der Waals surface area contributed by atoms with Crippen LogP contribution in [0.1, 0.15) is 41.8 Å². The maximum Gasteiger partial charge on any atom is 0.272 e. The van der Waals surface area contributed by atoms with E-state index >= 15 is 0 Å². The zero-order valence-electron chi connectivity index (χ0n) is 14.5. The van der Waals surface area contributed by atoms with Crippen LogP contribution < -0.4 is 4.90 Å². The topological polar surface area (TPSA) is 75.1 Å². The van der Waals surface area contributed by atoms with Crippen LogP contribution in [0.5, 0.6) is 0 Å². The Labute approximate surface area is 141 Å². The summed E-state index contributed by atoms with van der Waals surface area (Å²) in [4.78, 5) is 33.8. The molecule has 3 rings (SSSR count). The van der Waals surface area contributed by atoms with Gasteiger partial charge in [0, 0.05) is 38.7 Å². The van der Waals surface area contributed by atoms with Crippen molar-refractivity contribution in [3.63, 3.8) is 0 Å². The molecule has 1 amide bonds. The second-order valence-corrected chi connectivity index (χ2v) is 6.51. The first-order chi connectivity index (χ1) is 11.4. The van der Waals surface area contributed by atoms with Crippen molar-refractivity contribution in [2.75, 3.05) is 25.5 Å². The number of amides is 1. The fourth-order valence-corrected chi connectivity index (χ4v) is 3.14. The highest BCUT2D eigenvalue weighted by Gasteiger charge is 2.42. The molecule has 1 saturated heterocycles. The van der Waals surface area contributed by atoms with Crippen LogP contribution in [0.15, 0.2) is 24.7 Å². The van der Waals surface area contributed by atoms with E-state index in [-0.39, 0.29) is 5.91 Å². The summed E-state index contributed by atoms with van der Waals surface area (Å²) in [6, 6.07) is 1.73. The molecule has 2 aromatic heterocycles. The third kappa shape index (κ3) is 2.81. The first kappa shape index (κ1) is 16.3. The SMILES string of the molecule is Cc1cc(C(=O)N(C)C)nc(C2(C)CCCN2c2cnccn2)n1. The first-order valence-corrected chi connectivity index (χ1v) is 8.03. The quantitative estimate of drug-likeness (QED) is 0.856. The van der Waals surface area contributed by atoms with E-state index < -0.39 is 5.54 Å². The van der Waals surface area contributed by atoms with Crippen molar-refractivity contribution in [3.05, 3.63) is 41.9 Å². The predicted octanol–water partition coefficient (Wildman–Crippen LogP) is 1.79. The third-order valence-electron chi connectivity index (χ3n) is 4.43. The molecule has 0 N–H and O–H groups in total. The van der Waals surface area contributed by atoms with Crippen molar-refractivity contribution in [1.29, 1.82) is 0 Å². The number of hydrogen-bond donors (Lipinski definition) is 0. The summed E-state index contributed by atoms with van der Waals surface area (Å²) in [6.45, 7) is 4.86. The van der Waals surface area contributed by atoms with Crippen LogP contribution >= 0.6 is 0 Å². The molecule has 0 aliphatic carbocycles. The average Bonchev–Trinajstić information content (AvgIpc) is 2.97. The monoisotopic (exact) mass is 326 g/mol. The van der Waals surface area contributed by atoms with Crippen LogP contribution in [-0.4, -0.2) is 51.4 Å². The summed E-state index contributed by atoms with van der Waals surface area (Å²) in [5.41, 5.74) is 0.816. The van der Waals surface area contributed by atoms with Gasteiger partial charge in [-0.15, -0.1) is 0 Å². The summed E-state index contributed by atoms with van der Waals surface area (Å²) in [5, 5.41) is 0. The van der Waals surface area contributed by atoms with Gasteiger partial charge in [0.25, 0.3) is 5.91 Å². The molecule has 7 heteroatoms. The number of aromatic nitrogens is 4. The van der Waals surface area contributed by atoms with Crippen LogP contribution in [0, 0.1) is 6.92 Å². The van der Waals surface area contributed by atoms with E-state index in [0.717, 1.165) is 30.9 Å². The number of nitrogens with zero attached hydrogens (tertiary/aromatic N) is 6. The minimum absolute atomic E-state index is 0.116. The summed E-state index contributed by atoms with van der Waals surface area (Å²) < 4.78 is 0. The molecule has 7 nitrogen and oxygen atoms in total. The minimum atomic E-state index is -0.399. The third-order valence-corrected chi connectivity index (χ3v) is 4.43. The van der Waals surface area contributed by atoms with Crippen molar-refractivity contribution in [3.8, 4) is 0 Å². The van der Waals surface area contributed by atoms with E-state index in [2.05, 4.69) is 31.8 Å². The Hall–Kier alpha value is -2.57. The molecule has 0 radical (unpaired) electrons. The molecule has 1 fully saturated rings. The lowest BCUT2D eigenvalue weighted by Crippen LogP contribution is -2.41. The van der Waals surface area contributed by atoms with Crippen molar-refractivity contribution in [1.82, 2.24) is 24.8 Å². The Bertz CT molecular complexity index is 748. The van der Waals surface area contributed by atoms with Crippen LogP contribution in [0.4, 0.5) is 5.82 Å². The average molecular weight is 326 g/mol. The van der Waals surface area contributed by atoms with Crippen molar-refractivity contribution in [2.24, 2.45) is 0 Å². The fraction of sp³-hybridized carbons (Fsp3) is 0.471. The van der Waals surface area contributed by atoms with Gasteiger partial charge in [0.05, 0.1) is 11.7 Å². The zero-order chi connectivity index (χ0) is 17.3. The Morgan fingerprint density at radius 1 is 1.29 bits per heavy atom. The summed E-state index contributed by atoms with van der Waals surface area (Å²) in [5.74, 6) is 1.35. The van der Waals surface area contributed by atoms with Gasteiger partial charge in [-0.25, -0.2) is 15.0 Å². The standard InChI is InChI=1S/C17H22N6O/c1-12-10-13(15(24)22(3)4)21-16(20-12)17(2)6-5-9-23(17)14-11-18-7-8-19-14/h7-8,10-11H,5-6,9H2,1-4H3. The molecule has 0 spiro atoms. The molecule has 2 aromatic rings. The van der Waals surface area contributed by atoms with Gasteiger partial charge in [-0.3, -0.25) is 9.78 Å². The molecular formula is C17H22N6O. The number of rotatable bonds is 3. The molecule has 1 atom stereocenters. The molecular weight excluding hydrogens is 304 g/mol. The Morgan fingerprint density at radius 2 is 2.08 bits per heavy atom. The van der Waals surface area contributed by atoms with Gasteiger partial charge in [0.15, 0.2) is 5.82 Å².